The Balaban J connectivity index is 2.73. The first kappa shape index (κ1) is 16.9. The SMILES string of the molecule is COCCC(C)(C)CNC(C)c1c(C)nc(C)[nH]c1=O. The predicted octanol–water partition coefficient (Wildman–Crippen LogP) is 2.10. The van der Waals surface area contributed by atoms with Gasteiger partial charge in [0, 0.05) is 32.0 Å². The maximum Gasteiger partial charge on any atom is 0.255 e. The number of H-pyrrole nitrogens is 1. The van der Waals surface area contributed by atoms with Crippen molar-refractivity contribution in [2.75, 3.05) is 20.3 Å². The van der Waals surface area contributed by atoms with E-state index in [2.05, 4.69) is 29.1 Å². The van der Waals surface area contributed by atoms with Crippen LogP contribution in [0.3, 0.4) is 0 Å². The van der Waals surface area contributed by atoms with Gasteiger partial charge in [-0.25, -0.2) is 4.98 Å². The molecular formula is C15H27N3O2. The van der Waals surface area contributed by atoms with Crippen LogP contribution in [0, 0.1) is 19.3 Å². The summed E-state index contributed by atoms with van der Waals surface area (Å²) in [5.41, 5.74) is 1.59. The fourth-order valence-corrected chi connectivity index (χ4v) is 2.24. The van der Waals surface area contributed by atoms with Crippen molar-refractivity contribution in [3.05, 3.63) is 27.4 Å². The molecule has 0 aliphatic rings. The average Bonchev–Trinajstić information content (AvgIpc) is 2.33. The normalized spacial score (nSPS) is 13.5. The van der Waals surface area contributed by atoms with E-state index in [1.54, 1.807) is 14.0 Å². The summed E-state index contributed by atoms with van der Waals surface area (Å²) in [6, 6.07) is -0.0198. The molecule has 2 N–H and O–H groups in total. The quantitative estimate of drug-likeness (QED) is 0.803. The lowest BCUT2D eigenvalue weighted by Crippen LogP contribution is -2.35. The predicted molar refractivity (Wildman–Crippen MR) is 81.0 cm³/mol. The van der Waals surface area contributed by atoms with Crippen molar-refractivity contribution in [2.24, 2.45) is 5.41 Å². The summed E-state index contributed by atoms with van der Waals surface area (Å²) in [6.45, 7) is 11.6. The first-order chi connectivity index (χ1) is 9.26. The molecule has 1 aromatic heterocycles. The van der Waals surface area contributed by atoms with Gasteiger partial charge in [0.25, 0.3) is 5.56 Å². The number of hydrogen-bond acceptors (Lipinski definition) is 4. The van der Waals surface area contributed by atoms with Gasteiger partial charge in [-0.2, -0.15) is 0 Å². The zero-order chi connectivity index (χ0) is 15.3. The maximum absolute atomic E-state index is 12.0. The summed E-state index contributed by atoms with van der Waals surface area (Å²) >= 11 is 0. The van der Waals surface area contributed by atoms with Crippen LogP contribution in [0.15, 0.2) is 4.79 Å². The molecule has 0 aliphatic carbocycles. The van der Waals surface area contributed by atoms with Gasteiger partial charge in [0.2, 0.25) is 0 Å². The summed E-state index contributed by atoms with van der Waals surface area (Å²) < 4.78 is 5.13. The fourth-order valence-electron chi connectivity index (χ4n) is 2.24. The molecule has 0 amide bonds. The van der Waals surface area contributed by atoms with Gasteiger partial charge >= 0.3 is 0 Å². The van der Waals surface area contributed by atoms with Crippen molar-refractivity contribution in [1.82, 2.24) is 15.3 Å². The van der Waals surface area contributed by atoms with Crippen LogP contribution >= 0.6 is 0 Å². The van der Waals surface area contributed by atoms with Gasteiger partial charge < -0.3 is 15.0 Å². The van der Waals surface area contributed by atoms with Crippen molar-refractivity contribution in [3.8, 4) is 0 Å². The summed E-state index contributed by atoms with van der Waals surface area (Å²) in [7, 11) is 1.72. The molecule has 0 fully saturated rings. The molecule has 1 atom stereocenters. The van der Waals surface area contributed by atoms with Crippen molar-refractivity contribution in [1.29, 1.82) is 0 Å². The van der Waals surface area contributed by atoms with Crippen LogP contribution in [0.4, 0.5) is 0 Å². The molecule has 0 aromatic carbocycles. The molecule has 0 aliphatic heterocycles. The van der Waals surface area contributed by atoms with E-state index >= 15 is 0 Å². The molecule has 0 bridgehead atoms. The molecule has 1 aromatic rings. The van der Waals surface area contributed by atoms with Gasteiger partial charge in [0.1, 0.15) is 5.82 Å². The number of aromatic amines is 1. The van der Waals surface area contributed by atoms with Crippen molar-refractivity contribution >= 4 is 0 Å². The Morgan fingerprint density at radius 3 is 2.60 bits per heavy atom. The number of rotatable bonds is 7. The maximum atomic E-state index is 12.0. The molecular weight excluding hydrogens is 254 g/mol. The Morgan fingerprint density at radius 1 is 1.40 bits per heavy atom. The Bertz CT molecular complexity index is 494. The lowest BCUT2D eigenvalue weighted by Gasteiger charge is -2.27. The zero-order valence-corrected chi connectivity index (χ0v) is 13.5. The number of nitrogens with zero attached hydrogens (tertiary/aromatic N) is 1. The highest BCUT2D eigenvalue weighted by molar-refractivity contribution is 5.20. The van der Waals surface area contributed by atoms with Crippen molar-refractivity contribution < 1.29 is 4.74 Å². The fraction of sp³-hybridized carbons (Fsp3) is 0.733. The van der Waals surface area contributed by atoms with E-state index in [1.807, 2.05) is 13.8 Å². The lowest BCUT2D eigenvalue weighted by molar-refractivity contribution is 0.149. The number of methoxy groups -OCH3 is 1. The van der Waals surface area contributed by atoms with Crippen LogP contribution < -0.4 is 10.9 Å². The second-order valence-electron chi connectivity index (χ2n) is 6.16. The Morgan fingerprint density at radius 2 is 2.05 bits per heavy atom. The molecule has 1 unspecified atom stereocenters. The molecule has 0 spiro atoms. The number of ether oxygens (including phenoxy) is 1. The van der Waals surface area contributed by atoms with Gasteiger partial charge in [0.05, 0.1) is 5.56 Å². The standard InChI is InChI=1S/C15H27N3O2/c1-10(16-9-15(4,5)7-8-20-6)13-11(2)17-12(3)18-14(13)19/h10,16H,7-9H2,1-6H3,(H,17,18,19). The third-order valence-electron chi connectivity index (χ3n) is 3.57. The molecule has 20 heavy (non-hydrogen) atoms. The number of aromatic nitrogens is 2. The first-order valence-electron chi connectivity index (χ1n) is 7.06. The molecule has 114 valence electrons. The van der Waals surface area contributed by atoms with E-state index in [9.17, 15) is 4.79 Å². The van der Waals surface area contributed by atoms with E-state index in [0.29, 0.717) is 5.82 Å². The van der Waals surface area contributed by atoms with Gasteiger partial charge in [-0.1, -0.05) is 13.8 Å². The van der Waals surface area contributed by atoms with Crippen LogP contribution in [0.5, 0.6) is 0 Å². The minimum Gasteiger partial charge on any atom is -0.385 e. The summed E-state index contributed by atoms with van der Waals surface area (Å²) in [5, 5.41) is 3.43. The second kappa shape index (κ2) is 6.99. The zero-order valence-electron chi connectivity index (χ0n) is 13.5. The summed E-state index contributed by atoms with van der Waals surface area (Å²) in [4.78, 5) is 19.1. The van der Waals surface area contributed by atoms with Gasteiger partial charge in [-0.05, 0) is 32.6 Å². The molecule has 0 saturated heterocycles. The topological polar surface area (TPSA) is 67.0 Å². The highest BCUT2D eigenvalue weighted by Crippen LogP contribution is 2.21. The van der Waals surface area contributed by atoms with E-state index < -0.39 is 0 Å². The van der Waals surface area contributed by atoms with Gasteiger partial charge in [-0.3, -0.25) is 4.79 Å². The van der Waals surface area contributed by atoms with Gasteiger partial charge in [-0.15, -0.1) is 0 Å². The molecule has 0 saturated carbocycles. The lowest BCUT2D eigenvalue weighted by atomic mass is 9.89. The van der Waals surface area contributed by atoms with Crippen molar-refractivity contribution in [2.45, 2.75) is 47.1 Å². The highest BCUT2D eigenvalue weighted by Gasteiger charge is 2.20. The highest BCUT2D eigenvalue weighted by atomic mass is 16.5. The molecule has 1 rings (SSSR count). The third-order valence-corrected chi connectivity index (χ3v) is 3.57. The Hall–Kier alpha value is -1.20. The smallest absolute Gasteiger partial charge is 0.255 e. The monoisotopic (exact) mass is 281 g/mol. The number of aryl methyl sites for hydroxylation is 2. The van der Waals surface area contributed by atoms with E-state index in [4.69, 9.17) is 4.74 Å². The van der Waals surface area contributed by atoms with Crippen molar-refractivity contribution in [3.63, 3.8) is 0 Å². The van der Waals surface area contributed by atoms with Gasteiger partial charge in [0.15, 0.2) is 0 Å². The van der Waals surface area contributed by atoms with Crippen LogP contribution in [-0.2, 0) is 4.74 Å². The molecule has 5 nitrogen and oxygen atoms in total. The Kier molecular flexibility index (Phi) is 5.89. The van der Waals surface area contributed by atoms with Crippen LogP contribution in [0.2, 0.25) is 0 Å². The summed E-state index contributed by atoms with van der Waals surface area (Å²) in [5.74, 6) is 0.656. The molecule has 0 radical (unpaired) electrons. The number of hydrogen-bond donors (Lipinski definition) is 2. The molecule has 5 heteroatoms. The largest absolute Gasteiger partial charge is 0.385 e. The van der Waals surface area contributed by atoms with E-state index in [-0.39, 0.29) is 17.0 Å². The minimum absolute atomic E-state index is 0.0198. The second-order valence-corrected chi connectivity index (χ2v) is 6.16. The number of nitrogens with one attached hydrogen (secondary N) is 2. The Labute approximate surface area is 121 Å². The van der Waals surface area contributed by atoms with Crippen LogP contribution in [0.1, 0.15) is 50.3 Å². The summed E-state index contributed by atoms with van der Waals surface area (Å²) in [6.07, 6.45) is 0.977. The van der Waals surface area contributed by atoms with Crippen LogP contribution in [-0.4, -0.2) is 30.2 Å². The molecule has 1 heterocycles. The van der Waals surface area contributed by atoms with E-state index in [0.717, 1.165) is 30.8 Å². The first-order valence-corrected chi connectivity index (χ1v) is 7.06. The minimum atomic E-state index is -0.0512. The van der Waals surface area contributed by atoms with E-state index in [1.165, 1.54) is 0 Å². The average molecular weight is 281 g/mol. The van der Waals surface area contributed by atoms with Crippen LogP contribution in [0.25, 0.3) is 0 Å². The third kappa shape index (κ3) is 4.72.